The van der Waals surface area contributed by atoms with Crippen molar-refractivity contribution < 1.29 is 17.9 Å². The van der Waals surface area contributed by atoms with Crippen molar-refractivity contribution in [2.45, 2.75) is 37.6 Å². The van der Waals surface area contributed by atoms with E-state index in [1.165, 1.54) is 18.4 Å². The van der Waals surface area contributed by atoms with Gasteiger partial charge in [0.2, 0.25) is 5.91 Å². The number of ether oxygens (including phenoxy) is 1. The first-order valence-electron chi connectivity index (χ1n) is 8.04. The SMILES string of the molecule is CC(C)C[C@H](N)C(=O)N(C)CCCOc1ccc(S(C)(=O)=O)cc1. The van der Waals surface area contributed by atoms with Crippen LogP contribution in [0.25, 0.3) is 0 Å². The van der Waals surface area contributed by atoms with E-state index >= 15 is 0 Å². The van der Waals surface area contributed by atoms with Crippen LogP contribution in [0, 0.1) is 5.92 Å². The summed E-state index contributed by atoms with van der Waals surface area (Å²) in [5, 5.41) is 0. The fourth-order valence-corrected chi connectivity index (χ4v) is 2.91. The minimum Gasteiger partial charge on any atom is -0.494 e. The molecule has 2 N–H and O–H groups in total. The molecule has 1 atom stereocenters. The number of carbonyl (C=O) groups excluding carboxylic acids is 1. The number of amides is 1. The number of hydrogen-bond donors (Lipinski definition) is 1. The average Bonchev–Trinajstić information content (AvgIpc) is 2.49. The first-order valence-corrected chi connectivity index (χ1v) is 9.94. The van der Waals surface area contributed by atoms with Gasteiger partial charge in [0.25, 0.3) is 0 Å². The van der Waals surface area contributed by atoms with Crippen molar-refractivity contribution in [1.29, 1.82) is 0 Å². The number of likely N-dealkylation sites (N-methyl/N-ethyl adjacent to an activating group) is 1. The Hall–Kier alpha value is -1.60. The van der Waals surface area contributed by atoms with Gasteiger partial charge >= 0.3 is 0 Å². The molecule has 0 radical (unpaired) electrons. The molecule has 0 spiro atoms. The maximum Gasteiger partial charge on any atom is 0.239 e. The number of carbonyl (C=O) groups is 1. The summed E-state index contributed by atoms with van der Waals surface area (Å²) >= 11 is 0. The first-order chi connectivity index (χ1) is 11.1. The summed E-state index contributed by atoms with van der Waals surface area (Å²) in [6.45, 7) is 5.08. The second-order valence-corrected chi connectivity index (χ2v) is 8.46. The molecular formula is C17H28N2O4S. The molecule has 0 aliphatic heterocycles. The van der Waals surface area contributed by atoms with E-state index in [4.69, 9.17) is 10.5 Å². The summed E-state index contributed by atoms with van der Waals surface area (Å²) < 4.78 is 28.3. The zero-order valence-electron chi connectivity index (χ0n) is 14.9. The van der Waals surface area contributed by atoms with Crippen LogP contribution < -0.4 is 10.5 Å². The highest BCUT2D eigenvalue weighted by atomic mass is 32.2. The molecule has 1 aromatic rings. The zero-order valence-corrected chi connectivity index (χ0v) is 15.7. The van der Waals surface area contributed by atoms with Crippen molar-refractivity contribution >= 4 is 15.7 Å². The Morgan fingerprint density at radius 1 is 1.25 bits per heavy atom. The number of sulfone groups is 1. The molecule has 1 amide bonds. The molecule has 0 unspecified atom stereocenters. The van der Waals surface area contributed by atoms with Crippen LogP contribution in [0.15, 0.2) is 29.2 Å². The molecule has 136 valence electrons. The fourth-order valence-electron chi connectivity index (χ4n) is 2.28. The summed E-state index contributed by atoms with van der Waals surface area (Å²) in [6.07, 6.45) is 2.51. The van der Waals surface area contributed by atoms with Crippen LogP contribution in [-0.4, -0.2) is 51.7 Å². The Kier molecular flexibility index (Phi) is 7.69. The molecular weight excluding hydrogens is 328 g/mol. The van der Waals surface area contributed by atoms with Gasteiger partial charge in [-0.25, -0.2) is 8.42 Å². The van der Waals surface area contributed by atoms with E-state index < -0.39 is 15.9 Å². The molecule has 1 aromatic carbocycles. The van der Waals surface area contributed by atoms with Crippen LogP contribution in [0.3, 0.4) is 0 Å². The van der Waals surface area contributed by atoms with E-state index in [2.05, 4.69) is 0 Å². The Balaban J connectivity index is 2.36. The van der Waals surface area contributed by atoms with Crippen molar-refractivity contribution in [2.24, 2.45) is 11.7 Å². The normalized spacial score (nSPS) is 12.9. The Bertz CT molecular complexity index is 626. The van der Waals surface area contributed by atoms with Crippen LogP contribution in [0.2, 0.25) is 0 Å². The molecule has 6 nitrogen and oxygen atoms in total. The van der Waals surface area contributed by atoms with Crippen LogP contribution in [0.4, 0.5) is 0 Å². The molecule has 0 heterocycles. The zero-order chi connectivity index (χ0) is 18.3. The Labute approximate surface area is 144 Å². The molecule has 0 aromatic heterocycles. The van der Waals surface area contributed by atoms with Crippen molar-refractivity contribution in [3.63, 3.8) is 0 Å². The van der Waals surface area contributed by atoms with Gasteiger partial charge in [-0.1, -0.05) is 13.8 Å². The van der Waals surface area contributed by atoms with E-state index in [0.29, 0.717) is 37.7 Å². The predicted molar refractivity (Wildman–Crippen MR) is 94.7 cm³/mol. The quantitative estimate of drug-likeness (QED) is 0.680. The summed E-state index contributed by atoms with van der Waals surface area (Å²) in [7, 11) is -1.45. The molecule has 0 aliphatic carbocycles. The molecule has 0 saturated heterocycles. The highest BCUT2D eigenvalue weighted by Crippen LogP contribution is 2.16. The van der Waals surface area contributed by atoms with E-state index in [0.717, 1.165) is 0 Å². The van der Waals surface area contributed by atoms with Gasteiger partial charge in [0, 0.05) is 19.8 Å². The van der Waals surface area contributed by atoms with Crippen LogP contribution in [0.5, 0.6) is 5.75 Å². The van der Waals surface area contributed by atoms with Crippen molar-refractivity contribution in [3.8, 4) is 5.75 Å². The summed E-state index contributed by atoms with van der Waals surface area (Å²) in [5.74, 6) is 0.935. The number of nitrogens with two attached hydrogens (primary N) is 1. The third-order valence-electron chi connectivity index (χ3n) is 3.58. The summed E-state index contributed by atoms with van der Waals surface area (Å²) in [6, 6.07) is 5.84. The second kappa shape index (κ2) is 9.03. The largest absolute Gasteiger partial charge is 0.494 e. The standard InChI is InChI=1S/C17H28N2O4S/c1-13(2)12-16(18)17(20)19(3)10-5-11-23-14-6-8-15(9-7-14)24(4,21)22/h6-9,13,16H,5,10-12,18H2,1-4H3/t16-/m0/s1. The number of rotatable bonds is 9. The molecule has 0 saturated carbocycles. The molecule has 0 aliphatic rings. The van der Waals surface area contributed by atoms with Crippen LogP contribution in [-0.2, 0) is 14.6 Å². The molecule has 24 heavy (non-hydrogen) atoms. The van der Waals surface area contributed by atoms with Crippen molar-refractivity contribution in [1.82, 2.24) is 4.90 Å². The van der Waals surface area contributed by atoms with Crippen molar-refractivity contribution in [2.75, 3.05) is 26.5 Å². The van der Waals surface area contributed by atoms with Gasteiger partial charge in [-0.3, -0.25) is 4.79 Å². The van der Waals surface area contributed by atoms with Gasteiger partial charge < -0.3 is 15.4 Å². The monoisotopic (exact) mass is 356 g/mol. The van der Waals surface area contributed by atoms with Crippen LogP contribution in [0.1, 0.15) is 26.7 Å². The van der Waals surface area contributed by atoms with E-state index in [9.17, 15) is 13.2 Å². The second-order valence-electron chi connectivity index (χ2n) is 6.44. The topological polar surface area (TPSA) is 89.7 Å². The lowest BCUT2D eigenvalue weighted by Gasteiger charge is -2.22. The number of nitrogens with zero attached hydrogens (tertiary/aromatic N) is 1. The minimum absolute atomic E-state index is 0.0544. The van der Waals surface area contributed by atoms with Gasteiger partial charge in [0.05, 0.1) is 17.5 Å². The van der Waals surface area contributed by atoms with Gasteiger partial charge in [-0.2, -0.15) is 0 Å². The van der Waals surface area contributed by atoms with Crippen LogP contribution >= 0.6 is 0 Å². The molecule has 7 heteroatoms. The maximum absolute atomic E-state index is 12.1. The highest BCUT2D eigenvalue weighted by Gasteiger charge is 2.18. The van der Waals surface area contributed by atoms with Gasteiger partial charge in [-0.15, -0.1) is 0 Å². The van der Waals surface area contributed by atoms with E-state index in [-0.39, 0.29) is 10.8 Å². The lowest BCUT2D eigenvalue weighted by molar-refractivity contribution is -0.131. The lowest BCUT2D eigenvalue weighted by Crippen LogP contribution is -2.43. The maximum atomic E-state index is 12.1. The first kappa shape index (κ1) is 20.4. The Morgan fingerprint density at radius 2 is 1.83 bits per heavy atom. The summed E-state index contributed by atoms with van der Waals surface area (Å²) in [5.41, 5.74) is 5.89. The summed E-state index contributed by atoms with van der Waals surface area (Å²) in [4.78, 5) is 14.0. The number of benzene rings is 1. The lowest BCUT2D eigenvalue weighted by atomic mass is 10.0. The van der Waals surface area contributed by atoms with Gasteiger partial charge in [0.15, 0.2) is 9.84 Å². The fraction of sp³-hybridized carbons (Fsp3) is 0.588. The molecule has 1 rings (SSSR count). The third-order valence-corrected chi connectivity index (χ3v) is 4.71. The smallest absolute Gasteiger partial charge is 0.239 e. The van der Waals surface area contributed by atoms with Crippen molar-refractivity contribution in [3.05, 3.63) is 24.3 Å². The third kappa shape index (κ3) is 6.88. The number of hydrogen-bond acceptors (Lipinski definition) is 5. The van der Waals surface area contributed by atoms with Gasteiger partial charge in [-0.05, 0) is 43.0 Å². The van der Waals surface area contributed by atoms with E-state index in [1.807, 2.05) is 13.8 Å². The average molecular weight is 356 g/mol. The predicted octanol–water partition coefficient (Wildman–Crippen LogP) is 1.69. The minimum atomic E-state index is -3.19. The highest BCUT2D eigenvalue weighted by molar-refractivity contribution is 7.90. The Morgan fingerprint density at radius 3 is 2.33 bits per heavy atom. The van der Waals surface area contributed by atoms with E-state index in [1.54, 1.807) is 24.1 Å². The van der Waals surface area contributed by atoms with Gasteiger partial charge in [0.1, 0.15) is 5.75 Å². The molecule has 0 fully saturated rings. The molecule has 0 bridgehead atoms.